The number of nitrogens with one attached hydrogen (secondary N) is 1. The highest BCUT2D eigenvalue weighted by molar-refractivity contribution is 14.1. The summed E-state index contributed by atoms with van der Waals surface area (Å²) in [5, 5.41) is 3.59. The van der Waals surface area contributed by atoms with E-state index < -0.39 is 0 Å². The molecule has 0 aliphatic rings. The second-order valence-corrected chi connectivity index (χ2v) is 6.49. The molecule has 2 aromatic carbocycles. The monoisotopic (exact) mass is 395 g/mol. The predicted octanol–water partition coefficient (Wildman–Crippen LogP) is 4.62. The highest BCUT2D eigenvalue weighted by Gasteiger charge is 2.20. The summed E-state index contributed by atoms with van der Waals surface area (Å²) in [6.45, 7) is 7.30. The van der Waals surface area contributed by atoms with Crippen LogP contribution in [0.5, 0.6) is 5.75 Å². The zero-order valence-corrected chi connectivity index (χ0v) is 15.2. The number of rotatable bonds is 5. The molecule has 0 amide bonds. The SMILES string of the molecule is CCNC(c1ccc(I)cc1)c1c(C)cc(C)cc1OC. The Bertz CT molecular complexity index is 607. The average Bonchev–Trinajstić information content (AvgIpc) is 2.46. The van der Waals surface area contributed by atoms with Crippen molar-refractivity contribution in [3.8, 4) is 5.75 Å². The van der Waals surface area contributed by atoms with Crippen molar-refractivity contribution in [2.24, 2.45) is 0 Å². The molecule has 1 unspecified atom stereocenters. The number of ether oxygens (including phenoxy) is 1. The predicted molar refractivity (Wildman–Crippen MR) is 97.1 cm³/mol. The molecule has 0 saturated heterocycles. The van der Waals surface area contributed by atoms with Crippen LogP contribution >= 0.6 is 22.6 Å². The fourth-order valence-corrected chi connectivity index (χ4v) is 3.08. The van der Waals surface area contributed by atoms with E-state index in [0.29, 0.717) is 0 Å². The van der Waals surface area contributed by atoms with Crippen molar-refractivity contribution in [2.75, 3.05) is 13.7 Å². The third kappa shape index (κ3) is 3.77. The van der Waals surface area contributed by atoms with E-state index in [0.717, 1.165) is 12.3 Å². The van der Waals surface area contributed by atoms with Crippen LogP contribution < -0.4 is 10.1 Å². The highest BCUT2D eigenvalue weighted by atomic mass is 127. The quantitative estimate of drug-likeness (QED) is 0.747. The van der Waals surface area contributed by atoms with Crippen LogP contribution in [0.25, 0.3) is 0 Å². The Kier molecular flexibility index (Phi) is 5.65. The first-order valence-corrected chi connectivity index (χ1v) is 8.28. The second kappa shape index (κ2) is 7.27. The Morgan fingerprint density at radius 3 is 2.38 bits per heavy atom. The summed E-state index contributed by atoms with van der Waals surface area (Å²) in [7, 11) is 1.74. The van der Waals surface area contributed by atoms with Gasteiger partial charge in [0.1, 0.15) is 5.75 Å². The van der Waals surface area contributed by atoms with Gasteiger partial charge in [-0.3, -0.25) is 0 Å². The van der Waals surface area contributed by atoms with E-state index in [2.05, 4.69) is 85.1 Å². The Balaban J connectivity index is 2.55. The van der Waals surface area contributed by atoms with Crippen molar-refractivity contribution in [1.29, 1.82) is 0 Å². The van der Waals surface area contributed by atoms with E-state index in [9.17, 15) is 0 Å². The van der Waals surface area contributed by atoms with Gasteiger partial charge in [0.25, 0.3) is 0 Å². The molecule has 0 saturated carbocycles. The van der Waals surface area contributed by atoms with Crippen LogP contribution in [0, 0.1) is 17.4 Å². The molecular formula is C18H22INO. The van der Waals surface area contributed by atoms with Crippen LogP contribution in [-0.4, -0.2) is 13.7 Å². The van der Waals surface area contributed by atoms with Gasteiger partial charge in [-0.2, -0.15) is 0 Å². The molecule has 3 heteroatoms. The standard InChI is InChI=1S/C18H22INO/c1-5-20-18(14-6-8-15(19)9-7-14)17-13(3)10-12(2)11-16(17)21-4/h6-11,18,20H,5H2,1-4H3. The fourth-order valence-electron chi connectivity index (χ4n) is 2.72. The molecule has 2 rings (SSSR count). The molecule has 2 nitrogen and oxygen atoms in total. The maximum atomic E-state index is 5.64. The summed E-state index contributed by atoms with van der Waals surface area (Å²) >= 11 is 2.34. The lowest BCUT2D eigenvalue weighted by molar-refractivity contribution is 0.403. The molecule has 0 aromatic heterocycles. The molecule has 0 heterocycles. The molecule has 1 N–H and O–H groups in total. The Morgan fingerprint density at radius 2 is 1.81 bits per heavy atom. The average molecular weight is 395 g/mol. The van der Waals surface area contributed by atoms with Gasteiger partial charge in [0.05, 0.1) is 13.2 Å². The number of halogens is 1. The van der Waals surface area contributed by atoms with Crippen molar-refractivity contribution in [3.63, 3.8) is 0 Å². The lowest BCUT2D eigenvalue weighted by Gasteiger charge is -2.24. The molecule has 0 radical (unpaired) electrons. The normalized spacial score (nSPS) is 12.2. The topological polar surface area (TPSA) is 21.3 Å². The second-order valence-electron chi connectivity index (χ2n) is 5.24. The number of hydrogen-bond acceptors (Lipinski definition) is 2. The van der Waals surface area contributed by atoms with Gasteiger partial charge in [0, 0.05) is 9.13 Å². The number of aryl methyl sites for hydroxylation is 2. The van der Waals surface area contributed by atoms with Gasteiger partial charge in [0.15, 0.2) is 0 Å². The summed E-state index contributed by atoms with van der Waals surface area (Å²) < 4.78 is 6.89. The summed E-state index contributed by atoms with van der Waals surface area (Å²) in [5.74, 6) is 0.956. The number of hydrogen-bond donors (Lipinski definition) is 1. The van der Waals surface area contributed by atoms with Crippen LogP contribution in [0.4, 0.5) is 0 Å². The van der Waals surface area contributed by atoms with E-state index in [-0.39, 0.29) is 6.04 Å². The lowest BCUT2D eigenvalue weighted by Crippen LogP contribution is -2.23. The van der Waals surface area contributed by atoms with Gasteiger partial charge in [-0.25, -0.2) is 0 Å². The van der Waals surface area contributed by atoms with E-state index in [1.165, 1.54) is 25.8 Å². The maximum Gasteiger partial charge on any atom is 0.124 e. The van der Waals surface area contributed by atoms with Crippen LogP contribution in [0.1, 0.15) is 35.2 Å². The van der Waals surface area contributed by atoms with E-state index in [1.807, 2.05) is 0 Å². The van der Waals surface area contributed by atoms with Crippen LogP contribution in [0.3, 0.4) is 0 Å². The summed E-state index contributed by atoms with van der Waals surface area (Å²) in [6, 6.07) is 13.2. The number of methoxy groups -OCH3 is 1. The first kappa shape index (κ1) is 16.3. The third-order valence-electron chi connectivity index (χ3n) is 3.61. The minimum atomic E-state index is 0.155. The van der Waals surface area contributed by atoms with Gasteiger partial charge < -0.3 is 10.1 Å². The van der Waals surface area contributed by atoms with Crippen LogP contribution in [-0.2, 0) is 0 Å². The van der Waals surface area contributed by atoms with Gasteiger partial charge in [-0.05, 0) is 77.9 Å². The summed E-state index contributed by atoms with van der Waals surface area (Å²) in [5.41, 5.74) is 4.98. The molecule has 0 bridgehead atoms. The third-order valence-corrected chi connectivity index (χ3v) is 4.33. The largest absolute Gasteiger partial charge is 0.496 e. The molecule has 1 atom stereocenters. The molecule has 0 fully saturated rings. The van der Waals surface area contributed by atoms with E-state index in [4.69, 9.17) is 4.74 Å². The minimum Gasteiger partial charge on any atom is -0.496 e. The van der Waals surface area contributed by atoms with Crippen molar-refractivity contribution < 1.29 is 4.74 Å². The molecule has 2 aromatic rings. The van der Waals surface area contributed by atoms with Gasteiger partial charge in [-0.15, -0.1) is 0 Å². The number of benzene rings is 2. The van der Waals surface area contributed by atoms with Crippen LogP contribution in [0.2, 0.25) is 0 Å². The first-order valence-electron chi connectivity index (χ1n) is 7.20. The molecular weight excluding hydrogens is 373 g/mol. The molecule has 0 aliphatic carbocycles. The maximum absolute atomic E-state index is 5.64. The molecule has 21 heavy (non-hydrogen) atoms. The van der Waals surface area contributed by atoms with Crippen molar-refractivity contribution in [2.45, 2.75) is 26.8 Å². The molecule has 112 valence electrons. The van der Waals surface area contributed by atoms with Gasteiger partial charge in [-0.1, -0.05) is 25.1 Å². The summed E-state index contributed by atoms with van der Waals surface area (Å²) in [6.07, 6.45) is 0. The van der Waals surface area contributed by atoms with Crippen molar-refractivity contribution in [3.05, 3.63) is 62.2 Å². The Hall–Kier alpha value is -1.07. The van der Waals surface area contributed by atoms with E-state index >= 15 is 0 Å². The fraction of sp³-hybridized carbons (Fsp3) is 0.333. The zero-order valence-electron chi connectivity index (χ0n) is 13.0. The smallest absolute Gasteiger partial charge is 0.124 e. The van der Waals surface area contributed by atoms with E-state index in [1.54, 1.807) is 7.11 Å². The van der Waals surface area contributed by atoms with Gasteiger partial charge >= 0.3 is 0 Å². The Labute approximate surface area is 141 Å². The van der Waals surface area contributed by atoms with Crippen molar-refractivity contribution in [1.82, 2.24) is 5.32 Å². The lowest BCUT2D eigenvalue weighted by atomic mass is 9.92. The molecule has 0 aliphatic heterocycles. The highest BCUT2D eigenvalue weighted by Crippen LogP contribution is 2.34. The summed E-state index contributed by atoms with van der Waals surface area (Å²) in [4.78, 5) is 0. The van der Waals surface area contributed by atoms with Crippen molar-refractivity contribution >= 4 is 22.6 Å². The van der Waals surface area contributed by atoms with Crippen LogP contribution in [0.15, 0.2) is 36.4 Å². The Morgan fingerprint density at radius 1 is 1.14 bits per heavy atom. The molecule has 0 spiro atoms. The first-order chi connectivity index (χ1) is 10.1. The van der Waals surface area contributed by atoms with Gasteiger partial charge in [0.2, 0.25) is 0 Å². The zero-order chi connectivity index (χ0) is 15.4. The minimum absolute atomic E-state index is 0.155.